The van der Waals surface area contributed by atoms with Crippen molar-refractivity contribution in [3.8, 4) is 0 Å². The molecule has 0 spiro atoms. The molecule has 0 aromatic heterocycles. The molecule has 0 unspecified atom stereocenters. The van der Waals surface area contributed by atoms with E-state index in [-0.39, 0.29) is 22.9 Å². The third-order valence-electron chi connectivity index (χ3n) is 4.25. The minimum atomic E-state index is -0.424. The molecule has 6 nitrogen and oxygen atoms in total. The minimum absolute atomic E-state index is 0.205. The molecule has 0 atom stereocenters. The quantitative estimate of drug-likeness (QED) is 0.485. The van der Waals surface area contributed by atoms with Gasteiger partial charge in [-0.15, -0.1) is 0 Å². The van der Waals surface area contributed by atoms with E-state index in [9.17, 15) is 14.4 Å². The van der Waals surface area contributed by atoms with Crippen LogP contribution in [0.2, 0.25) is 5.02 Å². The van der Waals surface area contributed by atoms with Crippen LogP contribution in [0.25, 0.3) is 5.57 Å². The Hall–Kier alpha value is -2.20. The highest BCUT2D eigenvalue weighted by Crippen LogP contribution is 2.43. The number of nitrogens with one attached hydrogen (secondary N) is 2. The summed E-state index contributed by atoms with van der Waals surface area (Å²) in [5.41, 5.74) is 1.93. The van der Waals surface area contributed by atoms with E-state index in [4.69, 9.17) is 23.8 Å². The predicted octanol–water partition coefficient (Wildman–Crippen LogP) is 3.95. The molecule has 2 aromatic rings. The lowest BCUT2D eigenvalue weighted by molar-refractivity contribution is -0.118. The molecule has 0 bridgehead atoms. The van der Waals surface area contributed by atoms with E-state index in [0.717, 1.165) is 16.2 Å². The van der Waals surface area contributed by atoms with E-state index < -0.39 is 11.8 Å². The summed E-state index contributed by atoms with van der Waals surface area (Å²) in [4.78, 5) is 39.6. The Bertz CT molecular complexity index is 1120. The molecule has 10 heteroatoms. The summed E-state index contributed by atoms with van der Waals surface area (Å²) in [6, 6.07) is 11.9. The Morgan fingerprint density at radius 2 is 1.93 bits per heavy atom. The van der Waals surface area contributed by atoms with E-state index in [0.29, 0.717) is 26.3 Å². The van der Waals surface area contributed by atoms with Crippen LogP contribution >= 0.6 is 51.5 Å². The Morgan fingerprint density at radius 1 is 1.21 bits per heavy atom. The number of benzene rings is 2. The monoisotopic (exact) mass is 507 g/mol. The number of hydrogen-bond donors (Lipinski definition) is 2. The zero-order chi connectivity index (χ0) is 20.7. The van der Waals surface area contributed by atoms with Gasteiger partial charge in [0.1, 0.15) is 10.9 Å². The minimum Gasteiger partial charge on any atom is -0.325 e. The number of thioether (sulfide) groups is 1. The summed E-state index contributed by atoms with van der Waals surface area (Å²) in [6.45, 7) is -0.205. The average Bonchev–Trinajstić information content (AvgIpc) is 3.12. The largest absolute Gasteiger partial charge is 0.325 e. The van der Waals surface area contributed by atoms with E-state index in [1.165, 1.54) is 4.90 Å². The molecule has 2 N–H and O–H groups in total. The van der Waals surface area contributed by atoms with Gasteiger partial charge in [0.2, 0.25) is 5.91 Å². The van der Waals surface area contributed by atoms with Gasteiger partial charge in [-0.1, -0.05) is 51.5 Å². The first-order valence-corrected chi connectivity index (χ1v) is 10.7. The lowest BCUT2D eigenvalue weighted by atomic mass is 10.1. The lowest BCUT2D eigenvalue weighted by Gasteiger charge is -2.17. The van der Waals surface area contributed by atoms with Crippen molar-refractivity contribution in [2.24, 2.45) is 0 Å². The van der Waals surface area contributed by atoms with Crippen LogP contribution in [0.5, 0.6) is 0 Å². The third-order valence-corrected chi connectivity index (χ3v) is 6.23. The van der Waals surface area contributed by atoms with Crippen LogP contribution in [0.4, 0.5) is 11.4 Å². The van der Waals surface area contributed by atoms with Crippen LogP contribution in [0, 0.1) is 0 Å². The van der Waals surface area contributed by atoms with Crippen molar-refractivity contribution >= 4 is 90.5 Å². The van der Waals surface area contributed by atoms with Crippen molar-refractivity contribution < 1.29 is 14.4 Å². The molecule has 2 aromatic carbocycles. The van der Waals surface area contributed by atoms with Gasteiger partial charge in [0.25, 0.3) is 11.8 Å². The van der Waals surface area contributed by atoms with Gasteiger partial charge in [0.05, 0.1) is 16.2 Å². The van der Waals surface area contributed by atoms with Crippen LogP contribution in [0.1, 0.15) is 5.56 Å². The molecule has 4 rings (SSSR count). The number of fused-ring (bicyclic) bond motifs is 1. The van der Waals surface area contributed by atoms with Crippen LogP contribution in [-0.4, -0.2) is 28.6 Å². The van der Waals surface area contributed by atoms with E-state index in [1.54, 1.807) is 42.5 Å². The fraction of sp³-hybridized carbons (Fsp3) is 0.0526. The molecule has 2 aliphatic heterocycles. The summed E-state index contributed by atoms with van der Waals surface area (Å²) in [5.74, 6) is -1.21. The topological polar surface area (TPSA) is 78.5 Å². The smallest absolute Gasteiger partial charge is 0.264 e. The van der Waals surface area contributed by atoms with Gasteiger partial charge < -0.3 is 10.6 Å². The fourth-order valence-corrected chi connectivity index (χ4v) is 4.64. The Labute approximate surface area is 188 Å². The van der Waals surface area contributed by atoms with Gasteiger partial charge in [-0.05, 0) is 42.5 Å². The standard InChI is InChI=1S/C19H11BrClN3O3S2/c20-9-1-6-13-12(7-9)15(16-17(26)23-19(28)29-16)18(27)24(13)8-14(25)22-11-4-2-10(21)3-5-11/h1-7H,8H2,(H,22,25)(H,23,26,28)/b16-15+. The van der Waals surface area contributed by atoms with Gasteiger partial charge in [-0.3, -0.25) is 19.3 Å². The molecule has 146 valence electrons. The van der Waals surface area contributed by atoms with Crippen LogP contribution in [0.3, 0.4) is 0 Å². The molecule has 1 saturated heterocycles. The number of carbonyl (C=O) groups excluding carboxylic acids is 3. The number of amides is 3. The van der Waals surface area contributed by atoms with E-state index >= 15 is 0 Å². The molecule has 2 heterocycles. The Balaban J connectivity index is 1.66. The molecular formula is C19H11BrClN3O3S2. The number of anilines is 2. The van der Waals surface area contributed by atoms with Crippen molar-refractivity contribution in [3.63, 3.8) is 0 Å². The van der Waals surface area contributed by atoms with Crippen molar-refractivity contribution in [1.29, 1.82) is 0 Å². The normalized spacial score (nSPS) is 18.1. The summed E-state index contributed by atoms with van der Waals surface area (Å²) in [6.07, 6.45) is 0. The SMILES string of the molecule is O=C(CN1C(=O)/C(=C2/SC(=S)NC2=O)c2cc(Br)ccc21)Nc1ccc(Cl)cc1. The van der Waals surface area contributed by atoms with Crippen molar-refractivity contribution in [1.82, 2.24) is 5.32 Å². The fourth-order valence-electron chi connectivity index (χ4n) is 3.04. The van der Waals surface area contributed by atoms with Crippen LogP contribution < -0.4 is 15.5 Å². The highest BCUT2D eigenvalue weighted by Gasteiger charge is 2.39. The number of hydrogen-bond acceptors (Lipinski definition) is 5. The number of halogens is 2. The van der Waals surface area contributed by atoms with Crippen LogP contribution in [0.15, 0.2) is 51.8 Å². The van der Waals surface area contributed by atoms with Gasteiger partial charge >= 0.3 is 0 Å². The average molecular weight is 509 g/mol. The maximum absolute atomic E-state index is 13.2. The zero-order valence-electron chi connectivity index (χ0n) is 14.5. The Morgan fingerprint density at radius 3 is 2.59 bits per heavy atom. The van der Waals surface area contributed by atoms with Crippen molar-refractivity contribution in [2.75, 3.05) is 16.8 Å². The highest BCUT2D eigenvalue weighted by atomic mass is 79.9. The van der Waals surface area contributed by atoms with E-state index in [1.807, 2.05) is 0 Å². The lowest BCUT2D eigenvalue weighted by Crippen LogP contribution is -2.35. The predicted molar refractivity (Wildman–Crippen MR) is 122 cm³/mol. The number of rotatable bonds is 3. The molecular weight excluding hydrogens is 498 g/mol. The summed E-state index contributed by atoms with van der Waals surface area (Å²) in [5, 5.41) is 5.82. The first kappa shape index (κ1) is 20.1. The van der Waals surface area contributed by atoms with Crippen molar-refractivity contribution in [2.45, 2.75) is 0 Å². The van der Waals surface area contributed by atoms with Gasteiger partial charge in [0.15, 0.2) is 0 Å². The summed E-state index contributed by atoms with van der Waals surface area (Å²) >= 11 is 15.3. The molecule has 0 aliphatic carbocycles. The molecule has 29 heavy (non-hydrogen) atoms. The van der Waals surface area contributed by atoms with E-state index in [2.05, 4.69) is 26.6 Å². The third kappa shape index (κ3) is 3.95. The number of thiocarbonyl (C=S) groups is 1. The molecule has 3 amide bonds. The second-order valence-electron chi connectivity index (χ2n) is 6.16. The maximum atomic E-state index is 13.2. The first-order chi connectivity index (χ1) is 13.8. The zero-order valence-corrected chi connectivity index (χ0v) is 18.5. The molecule has 2 aliphatic rings. The Kier molecular flexibility index (Phi) is 5.48. The van der Waals surface area contributed by atoms with Crippen LogP contribution in [-0.2, 0) is 14.4 Å². The maximum Gasteiger partial charge on any atom is 0.264 e. The molecule has 1 fully saturated rings. The van der Waals surface area contributed by atoms with Gasteiger partial charge in [0, 0.05) is 20.7 Å². The first-order valence-electron chi connectivity index (χ1n) is 8.28. The second kappa shape index (κ2) is 7.91. The number of nitrogens with zero attached hydrogens (tertiary/aromatic N) is 1. The molecule has 0 radical (unpaired) electrons. The summed E-state index contributed by atoms with van der Waals surface area (Å²) < 4.78 is 1.04. The highest BCUT2D eigenvalue weighted by molar-refractivity contribution is 9.10. The molecule has 0 saturated carbocycles. The van der Waals surface area contributed by atoms with Gasteiger partial charge in [-0.2, -0.15) is 0 Å². The summed E-state index contributed by atoms with van der Waals surface area (Å²) in [7, 11) is 0. The van der Waals surface area contributed by atoms with Gasteiger partial charge in [-0.25, -0.2) is 0 Å². The number of carbonyl (C=O) groups is 3. The second-order valence-corrected chi connectivity index (χ2v) is 9.20. The van der Waals surface area contributed by atoms with Crippen molar-refractivity contribution in [3.05, 3.63) is 62.4 Å².